The molecule has 0 radical (unpaired) electrons. The van der Waals surface area contributed by atoms with Crippen LogP contribution >= 0.6 is 15.9 Å². The molecule has 5 rings (SSSR count). The summed E-state index contributed by atoms with van der Waals surface area (Å²) in [7, 11) is 0. The Bertz CT molecular complexity index is 1150. The van der Waals surface area contributed by atoms with Crippen molar-refractivity contribution in [2.75, 3.05) is 26.2 Å². The van der Waals surface area contributed by atoms with Crippen LogP contribution in [0.4, 0.5) is 0 Å². The second-order valence-corrected chi connectivity index (χ2v) is 11.5. The Morgan fingerprint density at radius 3 is 2.24 bits per heavy atom. The summed E-state index contributed by atoms with van der Waals surface area (Å²) in [6, 6.07) is 16.6. The number of likely N-dealkylation sites (tertiary alicyclic amines) is 2. The van der Waals surface area contributed by atoms with Gasteiger partial charge in [0.15, 0.2) is 0 Å². The summed E-state index contributed by atoms with van der Waals surface area (Å²) in [5, 5.41) is 7.27. The van der Waals surface area contributed by atoms with E-state index < -0.39 is 0 Å². The monoisotopic (exact) mass is 565 g/mol. The van der Waals surface area contributed by atoms with E-state index in [1.54, 1.807) is 0 Å². The fourth-order valence-electron chi connectivity index (χ4n) is 5.15. The summed E-state index contributed by atoms with van der Waals surface area (Å²) >= 11 is 3.44. The van der Waals surface area contributed by atoms with Crippen LogP contribution in [0.2, 0.25) is 0 Å². The minimum Gasteiger partial charge on any atom is -0.352 e. The van der Waals surface area contributed by atoms with Crippen molar-refractivity contribution in [3.05, 3.63) is 70.0 Å². The SMILES string of the molecule is CC1CCN(Cc2ccc(CNC(=O)C3CCN(Cc4nc(-c5ccc(Br)cc5)no4)CC3)cc2)CC1. The molecule has 7 nitrogen and oxygen atoms in total. The topological polar surface area (TPSA) is 74.5 Å². The first-order valence-electron chi connectivity index (χ1n) is 13.4. The van der Waals surface area contributed by atoms with Crippen molar-refractivity contribution >= 4 is 21.8 Å². The molecule has 0 saturated carbocycles. The lowest BCUT2D eigenvalue weighted by Gasteiger charge is -2.30. The maximum absolute atomic E-state index is 12.8. The van der Waals surface area contributed by atoms with Gasteiger partial charge in [0.2, 0.25) is 17.6 Å². The molecule has 1 aromatic heterocycles. The Morgan fingerprint density at radius 1 is 0.919 bits per heavy atom. The molecule has 3 aromatic rings. The molecule has 2 saturated heterocycles. The van der Waals surface area contributed by atoms with Gasteiger partial charge in [-0.05, 0) is 93.2 Å². The summed E-state index contributed by atoms with van der Waals surface area (Å²) in [5.41, 5.74) is 3.43. The normalized spacial score (nSPS) is 18.2. The zero-order chi connectivity index (χ0) is 25.6. The summed E-state index contributed by atoms with van der Waals surface area (Å²) in [6.07, 6.45) is 4.28. The molecule has 0 aliphatic carbocycles. The van der Waals surface area contributed by atoms with E-state index >= 15 is 0 Å². The molecule has 8 heteroatoms. The van der Waals surface area contributed by atoms with E-state index in [4.69, 9.17) is 4.52 Å². The summed E-state index contributed by atoms with van der Waals surface area (Å²) < 4.78 is 6.49. The molecule has 0 atom stereocenters. The minimum atomic E-state index is 0.0537. The van der Waals surface area contributed by atoms with Crippen LogP contribution in [0.5, 0.6) is 0 Å². The Labute approximate surface area is 227 Å². The van der Waals surface area contributed by atoms with E-state index in [-0.39, 0.29) is 11.8 Å². The number of carbonyl (C=O) groups excluding carboxylic acids is 1. The highest BCUT2D eigenvalue weighted by molar-refractivity contribution is 9.10. The Balaban J connectivity index is 1.03. The van der Waals surface area contributed by atoms with Gasteiger partial charge >= 0.3 is 0 Å². The molecule has 2 aliphatic heterocycles. The van der Waals surface area contributed by atoms with Crippen LogP contribution in [-0.2, 0) is 24.4 Å². The molecular weight excluding hydrogens is 530 g/mol. The van der Waals surface area contributed by atoms with Crippen molar-refractivity contribution in [2.24, 2.45) is 11.8 Å². The van der Waals surface area contributed by atoms with Gasteiger partial charge in [-0.3, -0.25) is 14.6 Å². The summed E-state index contributed by atoms with van der Waals surface area (Å²) in [4.78, 5) is 22.2. The zero-order valence-electron chi connectivity index (χ0n) is 21.5. The third-order valence-electron chi connectivity index (χ3n) is 7.66. The third kappa shape index (κ3) is 7.27. The number of aromatic nitrogens is 2. The molecule has 1 N–H and O–H groups in total. The van der Waals surface area contributed by atoms with Crippen molar-refractivity contribution in [1.29, 1.82) is 0 Å². The van der Waals surface area contributed by atoms with Crippen LogP contribution in [0.25, 0.3) is 11.4 Å². The average molecular weight is 567 g/mol. The van der Waals surface area contributed by atoms with Crippen molar-refractivity contribution < 1.29 is 9.32 Å². The molecule has 2 aromatic carbocycles. The molecule has 0 unspecified atom stereocenters. The highest BCUT2D eigenvalue weighted by atomic mass is 79.9. The molecule has 2 fully saturated rings. The van der Waals surface area contributed by atoms with Gasteiger partial charge in [-0.25, -0.2) is 0 Å². The maximum atomic E-state index is 12.8. The second kappa shape index (κ2) is 12.3. The third-order valence-corrected chi connectivity index (χ3v) is 8.19. The quantitative estimate of drug-likeness (QED) is 0.401. The first-order chi connectivity index (χ1) is 18.0. The van der Waals surface area contributed by atoms with Crippen LogP contribution in [0.3, 0.4) is 0 Å². The number of nitrogens with one attached hydrogen (secondary N) is 1. The minimum absolute atomic E-state index is 0.0537. The van der Waals surface area contributed by atoms with Crippen molar-refractivity contribution in [2.45, 2.75) is 52.2 Å². The maximum Gasteiger partial charge on any atom is 0.241 e. The Hall–Kier alpha value is -2.55. The Kier molecular flexibility index (Phi) is 8.69. The van der Waals surface area contributed by atoms with Crippen molar-refractivity contribution in [1.82, 2.24) is 25.3 Å². The van der Waals surface area contributed by atoms with Crippen LogP contribution in [0.15, 0.2) is 57.5 Å². The van der Waals surface area contributed by atoms with Gasteiger partial charge in [-0.1, -0.05) is 52.3 Å². The average Bonchev–Trinajstić information content (AvgIpc) is 3.38. The number of halogens is 1. The van der Waals surface area contributed by atoms with Gasteiger partial charge in [0.25, 0.3) is 0 Å². The molecule has 3 heterocycles. The van der Waals surface area contributed by atoms with Gasteiger partial charge < -0.3 is 9.84 Å². The van der Waals surface area contributed by atoms with Gasteiger partial charge in [-0.15, -0.1) is 0 Å². The van der Waals surface area contributed by atoms with Gasteiger partial charge in [0.1, 0.15) is 0 Å². The number of piperidine rings is 2. The fourth-order valence-corrected chi connectivity index (χ4v) is 5.42. The number of rotatable bonds is 8. The van der Waals surface area contributed by atoms with E-state index in [1.165, 1.54) is 31.5 Å². The number of carbonyl (C=O) groups is 1. The lowest BCUT2D eigenvalue weighted by molar-refractivity contribution is -0.126. The molecule has 196 valence electrons. The van der Waals surface area contributed by atoms with Crippen molar-refractivity contribution in [3.8, 4) is 11.4 Å². The molecule has 0 spiro atoms. The number of benzene rings is 2. The number of hydrogen-bond donors (Lipinski definition) is 1. The van der Waals surface area contributed by atoms with Crippen LogP contribution in [0, 0.1) is 11.8 Å². The van der Waals surface area contributed by atoms with E-state index in [0.717, 1.165) is 54.0 Å². The first kappa shape index (κ1) is 26.1. The predicted octanol–water partition coefficient (Wildman–Crippen LogP) is 5.26. The molecule has 1 amide bonds. The molecule has 37 heavy (non-hydrogen) atoms. The van der Waals surface area contributed by atoms with Gasteiger partial charge in [0.05, 0.1) is 6.54 Å². The van der Waals surface area contributed by atoms with Crippen molar-refractivity contribution in [3.63, 3.8) is 0 Å². The highest BCUT2D eigenvalue weighted by Gasteiger charge is 2.26. The van der Waals surface area contributed by atoms with E-state index in [9.17, 15) is 4.79 Å². The number of amides is 1. The van der Waals surface area contributed by atoms with E-state index in [0.29, 0.717) is 24.8 Å². The summed E-state index contributed by atoms with van der Waals surface area (Å²) in [5.74, 6) is 2.28. The van der Waals surface area contributed by atoms with E-state index in [2.05, 4.69) is 72.4 Å². The largest absolute Gasteiger partial charge is 0.352 e. The molecule has 0 bridgehead atoms. The van der Waals surface area contributed by atoms with Crippen LogP contribution < -0.4 is 5.32 Å². The Morgan fingerprint density at radius 2 is 1.54 bits per heavy atom. The van der Waals surface area contributed by atoms with E-state index in [1.807, 2.05) is 24.3 Å². The number of nitrogens with zero attached hydrogens (tertiary/aromatic N) is 4. The van der Waals surface area contributed by atoms with Gasteiger partial charge in [-0.2, -0.15) is 4.98 Å². The molecular formula is C29H36BrN5O2. The van der Waals surface area contributed by atoms with Crippen LogP contribution in [0.1, 0.15) is 49.6 Å². The first-order valence-corrected chi connectivity index (χ1v) is 14.2. The zero-order valence-corrected chi connectivity index (χ0v) is 23.1. The smallest absolute Gasteiger partial charge is 0.241 e. The lowest BCUT2D eigenvalue weighted by Crippen LogP contribution is -2.40. The van der Waals surface area contributed by atoms with Crippen LogP contribution in [-0.4, -0.2) is 52.0 Å². The predicted molar refractivity (Wildman–Crippen MR) is 147 cm³/mol. The molecule has 2 aliphatic rings. The highest BCUT2D eigenvalue weighted by Crippen LogP contribution is 2.22. The number of hydrogen-bond acceptors (Lipinski definition) is 6. The van der Waals surface area contributed by atoms with Gasteiger partial charge in [0, 0.05) is 29.0 Å². The standard InChI is InChI=1S/C29H36BrN5O2/c1-21-10-14-34(15-11-21)19-23-4-2-22(3-5-23)18-31-29(36)25-12-16-35(17-13-25)20-27-32-28(33-37-27)24-6-8-26(30)9-7-24/h2-9,21,25H,10-20H2,1H3,(H,31,36). The summed E-state index contributed by atoms with van der Waals surface area (Å²) in [6.45, 7) is 8.64. The lowest BCUT2D eigenvalue weighted by atomic mass is 9.96. The second-order valence-electron chi connectivity index (χ2n) is 10.6. The fraction of sp³-hybridized carbons (Fsp3) is 0.483.